The van der Waals surface area contributed by atoms with E-state index in [2.05, 4.69) is 4.98 Å². The SMILES string of the molecule is Cl.Cl.O=C(O)C1CCN(C(=O)Cc2cn3ccccc3n2)C1. The standard InChI is InChI=1S/C14H15N3O3.2ClH/c18-13(17-6-4-10(8-17)14(19)20)7-11-9-16-5-2-1-3-12(16)15-11;;/h1-3,5,9-10H,4,6-8H2,(H,19,20);2*1H. The van der Waals surface area contributed by atoms with Crippen LogP contribution in [0.1, 0.15) is 12.1 Å². The largest absolute Gasteiger partial charge is 0.481 e. The van der Waals surface area contributed by atoms with E-state index >= 15 is 0 Å². The number of carboxylic acids is 1. The average molecular weight is 346 g/mol. The molecule has 1 unspecified atom stereocenters. The first kappa shape index (κ1) is 18.3. The van der Waals surface area contributed by atoms with Crippen molar-refractivity contribution in [2.45, 2.75) is 12.8 Å². The van der Waals surface area contributed by atoms with Gasteiger partial charge in [-0.05, 0) is 18.6 Å². The van der Waals surface area contributed by atoms with Gasteiger partial charge in [0, 0.05) is 25.5 Å². The lowest BCUT2D eigenvalue weighted by Crippen LogP contribution is -2.31. The number of carboxylic acid groups (broad SMARTS) is 1. The van der Waals surface area contributed by atoms with Crippen molar-refractivity contribution >= 4 is 42.3 Å². The molecule has 1 aliphatic rings. The quantitative estimate of drug-likeness (QED) is 0.917. The summed E-state index contributed by atoms with van der Waals surface area (Å²) >= 11 is 0. The maximum Gasteiger partial charge on any atom is 0.308 e. The highest BCUT2D eigenvalue weighted by molar-refractivity contribution is 5.85. The van der Waals surface area contributed by atoms with Gasteiger partial charge in [-0.3, -0.25) is 9.59 Å². The number of hydrogen-bond donors (Lipinski definition) is 1. The Hall–Kier alpha value is -1.79. The minimum Gasteiger partial charge on any atom is -0.481 e. The molecule has 8 heteroatoms. The van der Waals surface area contributed by atoms with Crippen molar-refractivity contribution < 1.29 is 14.7 Å². The van der Waals surface area contributed by atoms with E-state index in [4.69, 9.17) is 5.11 Å². The fourth-order valence-electron chi connectivity index (χ4n) is 2.53. The highest BCUT2D eigenvalue weighted by Crippen LogP contribution is 2.17. The predicted molar refractivity (Wildman–Crippen MR) is 85.7 cm³/mol. The normalized spacial score (nSPS) is 16.9. The molecule has 1 amide bonds. The van der Waals surface area contributed by atoms with E-state index < -0.39 is 11.9 Å². The third-order valence-corrected chi connectivity index (χ3v) is 3.64. The summed E-state index contributed by atoms with van der Waals surface area (Å²) in [7, 11) is 0. The van der Waals surface area contributed by atoms with Gasteiger partial charge < -0.3 is 14.4 Å². The van der Waals surface area contributed by atoms with Gasteiger partial charge >= 0.3 is 5.97 Å². The number of nitrogens with zero attached hydrogens (tertiary/aromatic N) is 3. The summed E-state index contributed by atoms with van der Waals surface area (Å²) in [5.74, 6) is -1.31. The predicted octanol–water partition coefficient (Wildman–Crippen LogP) is 1.65. The van der Waals surface area contributed by atoms with Gasteiger partial charge in [0.05, 0.1) is 18.0 Å². The van der Waals surface area contributed by atoms with Crippen molar-refractivity contribution in [2.75, 3.05) is 13.1 Å². The van der Waals surface area contributed by atoms with Crippen LogP contribution in [0.2, 0.25) is 0 Å². The van der Waals surface area contributed by atoms with Crippen LogP contribution >= 0.6 is 24.8 Å². The number of hydrogen-bond acceptors (Lipinski definition) is 3. The molecule has 0 spiro atoms. The Balaban J connectivity index is 0.00000121. The first-order chi connectivity index (χ1) is 9.63. The van der Waals surface area contributed by atoms with Crippen molar-refractivity contribution in [3.8, 4) is 0 Å². The number of aliphatic carboxylic acids is 1. The number of likely N-dealkylation sites (tertiary alicyclic amines) is 1. The number of imidazole rings is 1. The number of carbonyl (C=O) groups is 2. The van der Waals surface area contributed by atoms with Crippen LogP contribution in [0.15, 0.2) is 30.6 Å². The lowest BCUT2D eigenvalue weighted by Gasteiger charge is -2.14. The van der Waals surface area contributed by atoms with Gasteiger partial charge in [-0.25, -0.2) is 4.98 Å². The molecule has 3 heterocycles. The van der Waals surface area contributed by atoms with Gasteiger partial charge in [0.25, 0.3) is 0 Å². The smallest absolute Gasteiger partial charge is 0.308 e. The number of fused-ring (bicyclic) bond motifs is 1. The molecule has 1 N–H and O–H groups in total. The van der Waals surface area contributed by atoms with Crippen LogP contribution in [0.25, 0.3) is 5.65 Å². The minimum absolute atomic E-state index is 0. The molecule has 0 aromatic carbocycles. The lowest BCUT2D eigenvalue weighted by molar-refractivity contribution is -0.141. The molecule has 2 aromatic heterocycles. The van der Waals surface area contributed by atoms with Crippen LogP contribution in [0.5, 0.6) is 0 Å². The number of carbonyl (C=O) groups excluding carboxylic acids is 1. The molecule has 2 aromatic rings. The summed E-state index contributed by atoms with van der Waals surface area (Å²) in [6.45, 7) is 0.824. The van der Waals surface area contributed by atoms with Gasteiger partial charge in [-0.15, -0.1) is 24.8 Å². The zero-order valence-electron chi connectivity index (χ0n) is 11.7. The van der Waals surface area contributed by atoms with Crippen LogP contribution in [0, 0.1) is 5.92 Å². The monoisotopic (exact) mass is 345 g/mol. The lowest BCUT2D eigenvalue weighted by atomic mass is 10.1. The summed E-state index contributed by atoms with van der Waals surface area (Å²) in [5.41, 5.74) is 1.51. The van der Waals surface area contributed by atoms with E-state index in [-0.39, 0.29) is 37.1 Å². The molecule has 0 radical (unpaired) electrons. The Bertz CT molecular complexity index is 641. The summed E-state index contributed by atoms with van der Waals surface area (Å²) < 4.78 is 1.87. The molecule has 1 saturated heterocycles. The second-order valence-electron chi connectivity index (χ2n) is 5.04. The summed E-state index contributed by atoms with van der Waals surface area (Å²) in [5, 5.41) is 8.94. The molecule has 1 atom stereocenters. The second-order valence-corrected chi connectivity index (χ2v) is 5.04. The highest BCUT2D eigenvalue weighted by atomic mass is 35.5. The molecule has 3 rings (SSSR count). The van der Waals surface area contributed by atoms with Crippen LogP contribution in [-0.2, 0) is 16.0 Å². The maximum atomic E-state index is 12.1. The third-order valence-electron chi connectivity index (χ3n) is 3.64. The Kier molecular flexibility index (Phi) is 6.20. The Morgan fingerprint density at radius 1 is 1.32 bits per heavy atom. The molecule has 1 aliphatic heterocycles. The van der Waals surface area contributed by atoms with E-state index in [1.54, 1.807) is 4.90 Å². The third kappa shape index (κ3) is 3.69. The van der Waals surface area contributed by atoms with E-state index in [9.17, 15) is 9.59 Å². The molecule has 22 heavy (non-hydrogen) atoms. The molecule has 0 saturated carbocycles. The van der Waals surface area contributed by atoms with Gasteiger partial charge in [0.15, 0.2) is 0 Å². The summed E-state index contributed by atoms with van der Waals surface area (Å²) in [4.78, 5) is 29.0. The number of amides is 1. The number of pyridine rings is 1. The summed E-state index contributed by atoms with van der Waals surface area (Å²) in [6.07, 6.45) is 4.46. The number of rotatable bonds is 3. The van der Waals surface area contributed by atoms with Crippen molar-refractivity contribution in [1.82, 2.24) is 14.3 Å². The molecule has 0 aliphatic carbocycles. The first-order valence-electron chi connectivity index (χ1n) is 6.56. The van der Waals surface area contributed by atoms with E-state index in [0.717, 1.165) is 5.65 Å². The fraction of sp³-hybridized carbons (Fsp3) is 0.357. The maximum absolute atomic E-state index is 12.1. The summed E-state index contributed by atoms with van der Waals surface area (Å²) in [6, 6.07) is 5.67. The van der Waals surface area contributed by atoms with E-state index in [1.165, 1.54) is 0 Å². The average Bonchev–Trinajstić information content (AvgIpc) is 3.04. The Morgan fingerprint density at radius 3 is 2.73 bits per heavy atom. The van der Waals surface area contributed by atoms with Crippen molar-refractivity contribution in [3.63, 3.8) is 0 Å². The molecule has 120 valence electrons. The minimum atomic E-state index is -0.826. The topological polar surface area (TPSA) is 74.9 Å². The molecular formula is C14H17Cl2N3O3. The molecular weight excluding hydrogens is 329 g/mol. The fourth-order valence-corrected chi connectivity index (χ4v) is 2.53. The zero-order valence-corrected chi connectivity index (χ0v) is 13.3. The van der Waals surface area contributed by atoms with Crippen molar-refractivity contribution in [2.24, 2.45) is 5.92 Å². The second kappa shape index (κ2) is 7.47. The van der Waals surface area contributed by atoms with E-state index in [0.29, 0.717) is 25.2 Å². The molecule has 0 bridgehead atoms. The van der Waals surface area contributed by atoms with Crippen molar-refractivity contribution in [3.05, 3.63) is 36.3 Å². The van der Waals surface area contributed by atoms with Gasteiger partial charge in [0.2, 0.25) is 5.91 Å². The highest BCUT2D eigenvalue weighted by Gasteiger charge is 2.30. The Labute approximate surface area is 140 Å². The van der Waals surface area contributed by atoms with Gasteiger partial charge in [-0.2, -0.15) is 0 Å². The van der Waals surface area contributed by atoms with Crippen molar-refractivity contribution in [1.29, 1.82) is 0 Å². The van der Waals surface area contributed by atoms with Crippen LogP contribution in [-0.4, -0.2) is 44.4 Å². The Morgan fingerprint density at radius 2 is 2.09 bits per heavy atom. The first-order valence-corrected chi connectivity index (χ1v) is 6.56. The zero-order chi connectivity index (χ0) is 14.1. The molecule has 6 nitrogen and oxygen atoms in total. The van der Waals surface area contributed by atoms with Crippen LogP contribution in [0.4, 0.5) is 0 Å². The van der Waals surface area contributed by atoms with Crippen LogP contribution in [0.3, 0.4) is 0 Å². The number of halogens is 2. The van der Waals surface area contributed by atoms with Crippen LogP contribution < -0.4 is 0 Å². The van der Waals surface area contributed by atoms with Gasteiger partial charge in [-0.1, -0.05) is 6.07 Å². The number of aromatic nitrogens is 2. The molecule has 1 fully saturated rings. The van der Waals surface area contributed by atoms with E-state index in [1.807, 2.05) is 35.0 Å². The van der Waals surface area contributed by atoms with Gasteiger partial charge in [0.1, 0.15) is 5.65 Å².